The van der Waals surface area contributed by atoms with Gasteiger partial charge in [0, 0.05) is 0 Å². The van der Waals surface area contributed by atoms with E-state index in [4.69, 9.17) is 0 Å². The maximum Gasteiger partial charge on any atom is -0.000807 e. The van der Waals surface area contributed by atoms with Gasteiger partial charge in [-0.2, -0.15) is 0 Å². The van der Waals surface area contributed by atoms with Gasteiger partial charge in [0.1, 0.15) is 0 Å². The van der Waals surface area contributed by atoms with Crippen LogP contribution in [0.2, 0.25) is 0 Å². The van der Waals surface area contributed by atoms with Gasteiger partial charge < -0.3 is 0 Å². The van der Waals surface area contributed by atoms with E-state index in [1.165, 1.54) is 65.3 Å². The van der Waals surface area contributed by atoms with Gasteiger partial charge >= 0.3 is 0 Å². The quantitative estimate of drug-likeness (QED) is 0.263. The van der Waals surface area contributed by atoms with Crippen molar-refractivity contribution in [2.45, 2.75) is 0 Å². The van der Waals surface area contributed by atoms with Crippen LogP contribution < -0.4 is 0 Å². The molecule has 7 rings (SSSR count). The SMILES string of the molecule is c1ccc2c(-c3cc4cccc5c4c4c3ccc3cccc-5c34)cccc2c1. The minimum Gasteiger partial charge on any atom is -0.0616 e. The molecule has 1 aliphatic carbocycles. The number of hydrogen-bond donors (Lipinski definition) is 0. The Balaban J connectivity index is 1.76. The summed E-state index contributed by atoms with van der Waals surface area (Å²) in [5.41, 5.74) is 5.39. The average molecular weight is 352 g/mol. The maximum atomic E-state index is 2.39. The third-order valence-electron chi connectivity index (χ3n) is 6.35. The molecule has 0 unspecified atom stereocenters. The summed E-state index contributed by atoms with van der Waals surface area (Å²) in [5.74, 6) is 0. The molecule has 0 fully saturated rings. The molecule has 0 aliphatic heterocycles. The van der Waals surface area contributed by atoms with Crippen molar-refractivity contribution in [3.05, 3.63) is 97.1 Å². The zero-order valence-corrected chi connectivity index (χ0v) is 15.2. The molecule has 0 atom stereocenters. The lowest BCUT2D eigenvalue weighted by Crippen LogP contribution is -1.86. The lowest BCUT2D eigenvalue weighted by atomic mass is 9.90. The van der Waals surface area contributed by atoms with Crippen molar-refractivity contribution in [1.29, 1.82) is 0 Å². The van der Waals surface area contributed by atoms with Crippen molar-refractivity contribution in [2.24, 2.45) is 0 Å². The van der Waals surface area contributed by atoms with Crippen LogP contribution in [-0.4, -0.2) is 0 Å². The molecule has 6 aromatic rings. The van der Waals surface area contributed by atoms with E-state index in [-0.39, 0.29) is 0 Å². The van der Waals surface area contributed by atoms with Crippen molar-refractivity contribution in [3.63, 3.8) is 0 Å². The van der Waals surface area contributed by atoms with Gasteiger partial charge in [-0.05, 0) is 71.4 Å². The third-order valence-corrected chi connectivity index (χ3v) is 6.35. The number of fused-ring (bicyclic) bond motifs is 2. The Labute approximate surface area is 162 Å². The fourth-order valence-corrected chi connectivity index (χ4v) is 5.20. The van der Waals surface area contributed by atoms with Gasteiger partial charge in [0.05, 0.1) is 0 Å². The Bertz CT molecular complexity index is 1570. The Kier molecular flexibility index (Phi) is 2.57. The number of benzene rings is 6. The minimum atomic E-state index is 1.29. The highest BCUT2D eigenvalue weighted by Gasteiger charge is 2.22. The van der Waals surface area contributed by atoms with Gasteiger partial charge in [0.25, 0.3) is 0 Å². The molecule has 0 amide bonds. The average Bonchev–Trinajstić information content (AvgIpc) is 3.10. The largest absolute Gasteiger partial charge is 0.0616 e. The zero-order chi connectivity index (χ0) is 18.2. The van der Waals surface area contributed by atoms with Gasteiger partial charge in [-0.15, -0.1) is 0 Å². The first-order valence-electron chi connectivity index (χ1n) is 9.80. The molecule has 6 aromatic carbocycles. The van der Waals surface area contributed by atoms with Crippen LogP contribution in [0, 0.1) is 0 Å². The molecule has 128 valence electrons. The van der Waals surface area contributed by atoms with Crippen LogP contribution >= 0.6 is 0 Å². The van der Waals surface area contributed by atoms with Crippen LogP contribution in [0.1, 0.15) is 0 Å². The fourth-order valence-electron chi connectivity index (χ4n) is 5.20. The van der Waals surface area contributed by atoms with E-state index in [2.05, 4.69) is 97.1 Å². The van der Waals surface area contributed by atoms with Crippen molar-refractivity contribution >= 4 is 43.1 Å². The van der Waals surface area contributed by atoms with E-state index < -0.39 is 0 Å². The molecule has 0 heteroatoms. The number of hydrogen-bond acceptors (Lipinski definition) is 0. The lowest BCUT2D eigenvalue weighted by Gasteiger charge is -2.13. The summed E-state index contributed by atoms with van der Waals surface area (Å²) in [6, 6.07) is 35.7. The molecule has 1 aliphatic rings. The van der Waals surface area contributed by atoms with Crippen molar-refractivity contribution in [2.75, 3.05) is 0 Å². The van der Waals surface area contributed by atoms with Gasteiger partial charge in [0.15, 0.2) is 0 Å². The standard InChI is InChI=1S/C28H16/c1-2-10-20-17(6-1)7-3-11-21(20)25-16-19-9-5-13-23-22-12-4-8-18-14-15-24(25)28(26(18)22)27(19)23/h1-16H. The molecule has 0 saturated heterocycles. The van der Waals surface area contributed by atoms with Gasteiger partial charge in [0.2, 0.25) is 0 Å². The van der Waals surface area contributed by atoms with Gasteiger partial charge in [-0.1, -0.05) is 91.0 Å². The fraction of sp³-hybridized carbons (Fsp3) is 0. The van der Waals surface area contributed by atoms with Gasteiger partial charge in [-0.25, -0.2) is 0 Å². The van der Waals surface area contributed by atoms with Crippen molar-refractivity contribution in [1.82, 2.24) is 0 Å². The second kappa shape index (κ2) is 4.99. The van der Waals surface area contributed by atoms with E-state index in [0.717, 1.165) is 0 Å². The highest BCUT2D eigenvalue weighted by molar-refractivity contribution is 6.35. The first-order valence-corrected chi connectivity index (χ1v) is 9.80. The molecule has 0 aromatic heterocycles. The molecular weight excluding hydrogens is 336 g/mol. The van der Waals surface area contributed by atoms with E-state index in [9.17, 15) is 0 Å². The first kappa shape index (κ1) is 14.4. The first-order chi connectivity index (χ1) is 13.9. The summed E-state index contributed by atoms with van der Waals surface area (Å²) in [6.07, 6.45) is 0. The molecule has 0 N–H and O–H groups in total. The summed E-state index contributed by atoms with van der Waals surface area (Å²) in [5, 5.41) is 10.9. The van der Waals surface area contributed by atoms with Crippen LogP contribution in [0.3, 0.4) is 0 Å². The second-order valence-electron chi connectivity index (χ2n) is 7.75. The maximum absolute atomic E-state index is 2.39. The topological polar surface area (TPSA) is 0 Å². The Morgan fingerprint density at radius 3 is 1.82 bits per heavy atom. The Morgan fingerprint density at radius 1 is 0.321 bits per heavy atom. The molecule has 0 radical (unpaired) electrons. The van der Waals surface area contributed by atoms with Crippen LogP contribution in [0.25, 0.3) is 65.3 Å². The normalized spacial score (nSPS) is 12.3. The minimum absolute atomic E-state index is 1.29. The van der Waals surface area contributed by atoms with Crippen LogP contribution in [0.4, 0.5) is 0 Å². The highest BCUT2D eigenvalue weighted by Crippen LogP contribution is 2.50. The van der Waals surface area contributed by atoms with E-state index in [1.54, 1.807) is 0 Å². The second-order valence-corrected chi connectivity index (χ2v) is 7.75. The molecular formula is C28H16. The van der Waals surface area contributed by atoms with Crippen LogP contribution in [-0.2, 0) is 0 Å². The number of rotatable bonds is 1. The van der Waals surface area contributed by atoms with E-state index >= 15 is 0 Å². The van der Waals surface area contributed by atoms with Crippen LogP contribution in [0.15, 0.2) is 97.1 Å². The van der Waals surface area contributed by atoms with E-state index in [0.29, 0.717) is 0 Å². The van der Waals surface area contributed by atoms with Gasteiger partial charge in [-0.3, -0.25) is 0 Å². The lowest BCUT2D eigenvalue weighted by molar-refractivity contribution is 1.71. The summed E-state index contributed by atoms with van der Waals surface area (Å²) >= 11 is 0. The monoisotopic (exact) mass is 352 g/mol. The Morgan fingerprint density at radius 2 is 0.964 bits per heavy atom. The smallest absolute Gasteiger partial charge is 0.000807 e. The summed E-state index contributed by atoms with van der Waals surface area (Å²) in [7, 11) is 0. The predicted molar refractivity (Wildman–Crippen MR) is 121 cm³/mol. The Hall–Kier alpha value is -3.64. The molecule has 0 saturated carbocycles. The zero-order valence-electron chi connectivity index (χ0n) is 15.2. The third kappa shape index (κ3) is 1.66. The summed E-state index contributed by atoms with van der Waals surface area (Å²) in [6.45, 7) is 0. The summed E-state index contributed by atoms with van der Waals surface area (Å²) in [4.78, 5) is 0. The molecule has 0 nitrogen and oxygen atoms in total. The predicted octanol–water partition coefficient (Wildman–Crippen LogP) is 7.95. The van der Waals surface area contributed by atoms with Crippen molar-refractivity contribution < 1.29 is 0 Å². The molecule has 0 bridgehead atoms. The summed E-state index contributed by atoms with van der Waals surface area (Å²) < 4.78 is 0. The van der Waals surface area contributed by atoms with Crippen LogP contribution in [0.5, 0.6) is 0 Å². The van der Waals surface area contributed by atoms with Crippen molar-refractivity contribution in [3.8, 4) is 22.3 Å². The molecule has 0 spiro atoms. The molecule has 0 heterocycles. The molecule has 28 heavy (non-hydrogen) atoms. The highest BCUT2D eigenvalue weighted by atomic mass is 14.2. The van der Waals surface area contributed by atoms with E-state index in [1.807, 2.05) is 0 Å².